The normalized spacial score (nSPS) is 50.9. The third-order valence-electron chi connectivity index (χ3n) is 8.90. The zero-order valence-corrected chi connectivity index (χ0v) is 16.2. The third-order valence-corrected chi connectivity index (χ3v) is 8.90. The van der Waals surface area contributed by atoms with Crippen LogP contribution in [0.25, 0.3) is 0 Å². The Morgan fingerprint density at radius 1 is 0.958 bits per heavy atom. The molecule has 4 fully saturated rings. The Hall–Kier alpha value is -0.0800. The minimum atomic E-state index is 0.462. The van der Waals surface area contributed by atoms with E-state index in [2.05, 4.69) is 20.8 Å². The van der Waals surface area contributed by atoms with Crippen molar-refractivity contribution in [3.8, 4) is 0 Å². The molecule has 0 bridgehead atoms. The number of rotatable bonds is 4. The molecule has 4 aliphatic rings. The van der Waals surface area contributed by atoms with Crippen molar-refractivity contribution in [2.24, 2.45) is 34.5 Å². The molecule has 0 N–H and O–H groups in total. The van der Waals surface area contributed by atoms with Crippen LogP contribution in [0.2, 0.25) is 0 Å². The monoisotopic (exact) mass is 334 g/mol. The van der Waals surface area contributed by atoms with Gasteiger partial charge in [0.2, 0.25) is 0 Å². The zero-order valence-electron chi connectivity index (χ0n) is 16.2. The molecule has 2 nitrogen and oxygen atoms in total. The molecule has 138 valence electrons. The van der Waals surface area contributed by atoms with Gasteiger partial charge in [-0.05, 0) is 85.9 Å². The lowest BCUT2D eigenvalue weighted by atomic mass is 9.47. The lowest BCUT2D eigenvalue weighted by Gasteiger charge is -2.60. The molecule has 0 spiro atoms. The quantitative estimate of drug-likeness (QED) is 0.636. The Balaban J connectivity index is 1.51. The van der Waals surface area contributed by atoms with Crippen molar-refractivity contribution in [1.82, 2.24) is 0 Å². The Kier molecular flexibility index (Phi) is 4.75. The molecule has 0 radical (unpaired) electrons. The second kappa shape index (κ2) is 6.58. The van der Waals surface area contributed by atoms with Crippen molar-refractivity contribution in [2.75, 3.05) is 19.8 Å². The molecule has 1 unspecified atom stereocenters. The smallest absolute Gasteiger partial charge is 0.0631 e. The van der Waals surface area contributed by atoms with E-state index < -0.39 is 0 Å². The Bertz CT molecular complexity index is 449. The fourth-order valence-electron chi connectivity index (χ4n) is 7.31. The highest BCUT2D eigenvalue weighted by Gasteiger charge is 2.60. The summed E-state index contributed by atoms with van der Waals surface area (Å²) in [7, 11) is 0. The highest BCUT2D eigenvalue weighted by Crippen LogP contribution is 2.65. The van der Waals surface area contributed by atoms with Gasteiger partial charge in [0.25, 0.3) is 0 Å². The predicted molar refractivity (Wildman–Crippen MR) is 98.0 cm³/mol. The topological polar surface area (TPSA) is 18.5 Å². The minimum Gasteiger partial charge on any atom is -0.381 e. The lowest BCUT2D eigenvalue weighted by molar-refractivity contribution is -0.157. The molecule has 1 aliphatic heterocycles. The standard InChI is InChI=1S/C22H38O2/c1-4-5-13-24-20-9-8-18-17-7-6-16-15-23-14-12-21(16,2)19(17)10-11-22(18,20)3/h16-20H,4-15H2,1-3H3/t16-,17-,18-,19-,20?,21-,22-/m0/s1. The van der Waals surface area contributed by atoms with Crippen molar-refractivity contribution in [3.63, 3.8) is 0 Å². The van der Waals surface area contributed by atoms with E-state index >= 15 is 0 Å². The van der Waals surface area contributed by atoms with Gasteiger partial charge in [0.15, 0.2) is 0 Å². The number of hydrogen-bond donors (Lipinski definition) is 0. The first-order valence-electron chi connectivity index (χ1n) is 10.8. The van der Waals surface area contributed by atoms with Gasteiger partial charge in [-0.2, -0.15) is 0 Å². The first-order valence-corrected chi connectivity index (χ1v) is 10.8. The molecule has 0 amide bonds. The van der Waals surface area contributed by atoms with Crippen LogP contribution in [0.4, 0.5) is 0 Å². The van der Waals surface area contributed by atoms with Gasteiger partial charge in [-0.25, -0.2) is 0 Å². The van der Waals surface area contributed by atoms with Crippen molar-refractivity contribution in [3.05, 3.63) is 0 Å². The summed E-state index contributed by atoms with van der Waals surface area (Å²) in [5.74, 6) is 3.66. The van der Waals surface area contributed by atoms with E-state index in [0.29, 0.717) is 16.9 Å². The van der Waals surface area contributed by atoms with E-state index in [1.165, 1.54) is 57.8 Å². The first kappa shape index (κ1) is 17.3. The maximum Gasteiger partial charge on any atom is 0.0631 e. The summed E-state index contributed by atoms with van der Waals surface area (Å²) in [6.45, 7) is 10.5. The van der Waals surface area contributed by atoms with Gasteiger partial charge in [0.05, 0.1) is 6.10 Å². The van der Waals surface area contributed by atoms with Gasteiger partial charge >= 0.3 is 0 Å². The van der Waals surface area contributed by atoms with Crippen LogP contribution in [0.15, 0.2) is 0 Å². The fraction of sp³-hybridized carbons (Fsp3) is 1.00. The average Bonchev–Trinajstić information content (AvgIpc) is 2.91. The largest absolute Gasteiger partial charge is 0.381 e. The van der Waals surface area contributed by atoms with E-state index in [1.807, 2.05) is 0 Å². The van der Waals surface area contributed by atoms with Crippen LogP contribution in [0.1, 0.15) is 78.6 Å². The molecule has 1 saturated heterocycles. The molecular weight excluding hydrogens is 296 g/mol. The summed E-state index contributed by atoms with van der Waals surface area (Å²) in [6.07, 6.45) is 12.8. The summed E-state index contributed by atoms with van der Waals surface area (Å²) in [5.41, 5.74) is 1.02. The predicted octanol–water partition coefficient (Wildman–Crippen LogP) is 5.45. The number of unbranched alkanes of at least 4 members (excludes halogenated alkanes) is 1. The highest BCUT2D eigenvalue weighted by atomic mass is 16.5. The van der Waals surface area contributed by atoms with Crippen LogP contribution in [0.5, 0.6) is 0 Å². The zero-order chi connectivity index (χ0) is 16.8. The van der Waals surface area contributed by atoms with E-state index in [9.17, 15) is 0 Å². The summed E-state index contributed by atoms with van der Waals surface area (Å²) in [4.78, 5) is 0. The van der Waals surface area contributed by atoms with Gasteiger partial charge in [-0.1, -0.05) is 27.2 Å². The Labute approximate surface area is 149 Å². The van der Waals surface area contributed by atoms with Gasteiger partial charge in [0.1, 0.15) is 0 Å². The van der Waals surface area contributed by atoms with Gasteiger partial charge < -0.3 is 9.47 Å². The summed E-state index contributed by atoms with van der Waals surface area (Å²) in [5, 5.41) is 0. The van der Waals surface area contributed by atoms with E-state index in [0.717, 1.165) is 43.5 Å². The van der Waals surface area contributed by atoms with Crippen molar-refractivity contribution < 1.29 is 9.47 Å². The van der Waals surface area contributed by atoms with Gasteiger partial charge in [0, 0.05) is 19.8 Å². The Morgan fingerprint density at radius 3 is 2.62 bits per heavy atom. The van der Waals surface area contributed by atoms with E-state index in [1.54, 1.807) is 0 Å². The molecule has 1 heterocycles. The molecule has 0 aromatic carbocycles. The second-order valence-electron chi connectivity index (χ2n) is 9.82. The number of hydrogen-bond acceptors (Lipinski definition) is 2. The molecule has 0 aromatic heterocycles. The maximum atomic E-state index is 6.41. The van der Waals surface area contributed by atoms with Crippen LogP contribution in [-0.2, 0) is 9.47 Å². The second-order valence-corrected chi connectivity index (χ2v) is 9.82. The van der Waals surface area contributed by atoms with Crippen molar-refractivity contribution in [1.29, 1.82) is 0 Å². The van der Waals surface area contributed by atoms with Gasteiger partial charge in [-0.3, -0.25) is 0 Å². The molecule has 4 rings (SSSR count). The maximum absolute atomic E-state index is 6.41. The Morgan fingerprint density at radius 2 is 1.79 bits per heavy atom. The molecule has 0 aromatic rings. The van der Waals surface area contributed by atoms with Crippen LogP contribution in [-0.4, -0.2) is 25.9 Å². The van der Waals surface area contributed by atoms with Crippen LogP contribution < -0.4 is 0 Å². The molecule has 2 heteroatoms. The third kappa shape index (κ3) is 2.58. The SMILES string of the molecule is CCCCOC1CC[C@H]2[C@@H]3CC[C@H]4COCC[C@]4(C)[C@H]3CC[C@]12C. The van der Waals surface area contributed by atoms with Crippen LogP contribution >= 0.6 is 0 Å². The van der Waals surface area contributed by atoms with Crippen LogP contribution in [0, 0.1) is 34.5 Å². The summed E-state index contributed by atoms with van der Waals surface area (Å²) in [6, 6.07) is 0. The highest BCUT2D eigenvalue weighted by molar-refractivity contribution is 5.09. The minimum absolute atomic E-state index is 0.462. The van der Waals surface area contributed by atoms with E-state index in [-0.39, 0.29) is 0 Å². The van der Waals surface area contributed by atoms with Crippen molar-refractivity contribution >= 4 is 0 Å². The molecule has 24 heavy (non-hydrogen) atoms. The number of ether oxygens (including phenoxy) is 2. The molecule has 7 atom stereocenters. The van der Waals surface area contributed by atoms with Gasteiger partial charge in [-0.15, -0.1) is 0 Å². The summed E-state index contributed by atoms with van der Waals surface area (Å²) >= 11 is 0. The molecule has 3 aliphatic carbocycles. The fourth-order valence-corrected chi connectivity index (χ4v) is 7.31. The van der Waals surface area contributed by atoms with E-state index in [4.69, 9.17) is 9.47 Å². The van der Waals surface area contributed by atoms with Crippen molar-refractivity contribution in [2.45, 2.75) is 84.7 Å². The molecular formula is C22H38O2. The van der Waals surface area contributed by atoms with Crippen LogP contribution in [0.3, 0.4) is 0 Å². The molecule has 3 saturated carbocycles. The average molecular weight is 335 g/mol. The summed E-state index contributed by atoms with van der Waals surface area (Å²) < 4.78 is 12.2. The number of fused-ring (bicyclic) bond motifs is 5. The lowest BCUT2D eigenvalue weighted by Crippen LogP contribution is -2.55. The first-order chi connectivity index (χ1) is 11.6.